The second kappa shape index (κ2) is 4.01. The number of non-ortho nitro benzene ring substituents is 2. The zero-order valence-corrected chi connectivity index (χ0v) is 7.91. The van der Waals surface area contributed by atoms with Crippen molar-refractivity contribution in [2.24, 2.45) is 5.73 Å². The summed E-state index contributed by atoms with van der Waals surface area (Å²) >= 11 is 0. The molecule has 0 fully saturated rings. The molecule has 0 aliphatic rings. The first-order chi connectivity index (χ1) is 6.91. The fraction of sp³-hybridized carbons (Fsp3) is 0.250. The maximum atomic E-state index is 10.5. The van der Waals surface area contributed by atoms with Gasteiger partial charge in [0.15, 0.2) is 0 Å². The van der Waals surface area contributed by atoms with E-state index in [1.807, 2.05) is 0 Å². The van der Waals surface area contributed by atoms with Crippen molar-refractivity contribution in [3.05, 3.63) is 44.0 Å². The average molecular weight is 211 g/mol. The topological polar surface area (TPSA) is 112 Å². The SMILES string of the molecule is C[C@@H](N)c1cc([N+](=O)[O-])cc([N+](=O)[O-])c1. The summed E-state index contributed by atoms with van der Waals surface area (Å²) in [4.78, 5) is 19.6. The molecule has 1 rings (SSSR count). The van der Waals surface area contributed by atoms with Gasteiger partial charge >= 0.3 is 0 Å². The third kappa shape index (κ3) is 2.47. The molecular weight excluding hydrogens is 202 g/mol. The highest BCUT2D eigenvalue weighted by Crippen LogP contribution is 2.25. The van der Waals surface area contributed by atoms with E-state index in [1.54, 1.807) is 6.92 Å². The predicted octanol–water partition coefficient (Wildman–Crippen LogP) is 1.52. The highest BCUT2D eigenvalue weighted by atomic mass is 16.6. The summed E-state index contributed by atoms with van der Waals surface area (Å²) in [7, 11) is 0. The summed E-state index contributed by atoms with van der Waals surface area (Å²) in [5, 5.41) is 21.0. The van der Waals surface area contributed by atoms with Crippen LogP contribution in [0.5, 0.6) is 0 Å². The van der Waals surface area contributed by atoms with Crippen LogP contribution < -0.4 is 5.73 Å². The lowest BCUT2D eigenvalue weighted by Crippen LogP contribution is -2.06. The minimum atomic E-state index is -0.682. The van der Waals surface area contributed by atoms with E-state index in [4.69, 9.17) is 5.73 Å². The van der Waals surface area contributed by atoms with Crippen molar-refractivity contribution in [3.8, 4) is 0 Å². The van der Waals surface area contributed by atoms with Crippen molar-refractivity contribution in [1.29, 1.82) is 0 Å². The van der Waals surface area contributed by atoms with Crippen LogP contribution in [0.15, 0.2) is 18.2 Å². The molecule has 0 saturated heterocycles. The summed E-state index contributed by atoms with van der Waals surface area (Å²) in [6, 6.07) is 2.89. The van der Waals surface area contributed by atoms with Crippen molar-refractivity contribution in [1.82, 2.24) is 0 Å². The molecule has 0 aliphatic heterocycles. The lowest BCUT2D eigenvalue weighted by molar-refractivity contribution is -0.394. The molecule has 0 unspecified atom stereocenters. The zero-order valence-electron chi connectivity index (χ0n) is 7.91. The Morgan fingerprint density at radius 2 is 1.53 bits per heavy atom. The Hall–Kier alpha value is -2.02. The van der Waals surface area contributed by atoms with Crippen molar-refractivity contribution in [2.45, 2.75) is 13.0 Å². The van der Waals surface area contributed by atoms with Crippen molar-refractivity contribution in [3.63, 3.8) is 0 Å². The van der Waals surface area contributed by atoms with E-state index in [0.29, 0.717) is 5.56 Å². The smallest absolute Gasteiger partial charge is 0.276 e. The number of benzene rings is 1. The Morgan fingerprint density at radius 3 is 1.80 bits per heavy atom. The van der Waals surface area contributed by atoms with Crippen LogP contribution >= 0.6 is 0 Å². The molecule has 7 heteroatoms. The lowest BCUT2D eigenvalue weighted by atomic mass is 10.1. The number of hydrogen-bond acceptors (Lipinski definition) is 5. The fourth-order valence-electron chi connectivity index (χ4n) is 1.09. The summed E-state index contributed by atoms with van der Waals surface area (Å²) in [6.45, 7) is 1.60. The van der Waals surface area contributed by atoms with Gasteiger partial charge in [-0.2, -0.15) is 0 Å². The monoisotopic (exact) mass is 211 g/mol. The van der Waals surface area contributed by atoms with Crippen molar-refractivity contribution in [2.75, 3.05) is 0 Å². The van der Waals surface area contributed by atoms with Gasteiger partial charge in [-0.3, -0.25) is 20.2 Å². The lowest BCUT2D eigenvalue weighted by Gasteiger charge is -2.04. The van der Waals surface area contributed by atoms with Gasteiger partial charge in [-0.25, -0.2) is 0 Å². The van der Waals surface area contributed by atoms with Crippen LogP contribution in [-0.4, -0.2) is 9.85 Å². The van der Waals surface area contributed by atoms with Gasteiger partial charge in [-0.15, -0.1) is 0 Å². The highest BCUT2D eigenvalue weighted by molar-refractivity contribution is 5.47. The van der Waals surface area contributed by atoms with Crippen LogP contribution in [0.25, 0.3) is 0 Å². The molecule has 0 spiro atoms. The molecule has 0 heterocycles. The fourth-order valence-corrected chi connectivity index (χ4v) is 1.09. The molecule has 1 atom stereocenters. The Balaban J connectivity index is 3.32. The van der Waals surface area contributed by atoms with E-state index in [9.17, 15) is 20.2 Å². The van der Waals surface area contributed by atoms with Gasteiger partial charge in [0.05, 0.1) is 15.9 Å². The molecule has 7 nitrogen and oxygen atoms in total. The van der Waals surface area contributed by atoms with Crippen LogP contribution in [0, 0.1) is 20.2 Å². The van der Waals surface area contributed by atoms with E-state index in [-0.39, 0.29) is 11.4 Å². The number of hydrogen-bond donors (Lipinski definition) is 1. The third-order valence-electron chi connectivity index (χ3n) is 1.87. The molecule has 1 aromatic carbocycles. The molecule has 0 radical (unpaired) electrons. The maximum Gasteiger partial charge on any atom is 0.276 e. The van der Waals surface area contributed by atoms with Gasteiger partial charge in [0.25, 0.3) is 11.4 Å². The molecule has 1 aromatic rings. The number of nitro benzene ring substituents is 2. The molecular formula is C8H9N3O4. The number of rotatable bonds is 3. The third-order valence-corrected chi connectivity index (χ3v) is 1.87. The summed E-state index contributed by atoms with van der Waals surface area (Å²) in [5.41, 5.74) is 5.23. The van der Waals surface area contributed by atoms with Gasteiger partial charge in [-0.1, -0.05) is 0 Å². The normalized spacial score (nSPS) is 12.1. The molecule has 2 N–H and O–H groups in total. The minimum Gasteiger partial charge on any atom is -0.324 e. The number of nitrogens with zero attached hydrogens (tertiary/aromatic N) is 2. The highest BCUT2D eigenvalue weighted by Gasteiger charge is 2.17. The molecule has 15 heavy (non-hydrogen) atoms. The second-order valence-electron chi connectivity index (χ2n) is 3.09. The van der Waals surface area contributed by atoms with Crippen LogP contribution in [0.3, 0.4) is 0 Å². The quantitative estimate of drug-likeness (QED) is 0.601. The first kappa shape index (κ1) is 11.1. The van der Waals surface area contributed by atoms with Gasteiger partial charge in [0.1, 0.15) is 0 Å². The zero-order chi connectivity index (χ0) is 11.6. The Labute approximate surface area is 84.8 Å². The summed E-state index contributed by atoms with van der Waals surface area (Å²) in [5.74, 6) is 0. The van der Waals surface area contributed by atoms with Crippen LogP contribution in [0.4, 0.5) is 11.4 Å². The van der Waals surface area contributed by atoms with Crippen LogP contribution in [0.2, 0.25) is 0 Å². The van der Waals surface area contributed by atoms with E-state index in [2.05, 4.69) is 0 Å². The molecule has 0 amide bonds. The summed E-state index contributed by atoms with van der Waals surface area (Å²) < 4.78 is 0. The van der Waals surface area contributed by atoms with Gasteiger partial charge < -0.3 is 5.73 Å². The predicted molar refractivity (Wildman–Crippen MR) is 52.4 cm³/mol. The van der Waals surface area contributed by atoms with E-state index < -0.39 is 15.9 Å². The van der Waals surface area contributed by atoms with E-state index in [0.717, 1.165) is 6.07 Å². The Bertz CT molecular complexity index is 384. The Kier molecular flexibility index (Phi) is 2.96. The summed E-state index contributed by atoms with van der Waals surface area (Å²) in [6.07, 6.45) is 0. The molecule has 0 bridgehead atoms. The van der Waals surface area contributed by atoms with Crippen LogP contribution in [0.1, 0.15) is 18.5 Å². The van der Waals surface area contributed by atoms with E-state index in [1.165, 1.54) is 12.1 Å². The maximum absolute atomic E-state index is 10.5. The first-order valence-corrected chi connectivity index (χ1v) is 4.11. The van der Waals surface area contributed by atoms with Gasteiger partial charge in [0.2, 0.25) is 0 Å². The van der Waals surface area contributed by atoms with Gasteiger partial charge in [0, 0.05) is 18.2 Å². The molecule has 0 aliphatic carbocycles. The number of nitrogens with two attached hydrogens (primary N) is 1. The molecule has 80 valence electrons. The van der Waals surface area contributed by atoms with Crippen molar-refractivity contribution < 1.29 is 9.85 Å². The first-order valence-electron chi connectivity index (χ1n) is 4.11. The second-order valence-corrected chi connectivity index (χ2v) is 3.09. The molecule has 0 aromatic heterocycles. The average Bonchev–Trinajstić information content (AvgIpc) is 2.16. The van der Waals surface area contributed by atoms with Crippen molar-refractivity contribution >= 4 is 11.4 Å². The van der Waals surface area contributed by atoms with Gasteiger partial charge in [-0.05, 0) is 12.5 Å². The standard InChI is InChI=1S/C8H9N3O4/c1-5(9)6-2-7(10(12)13)4-8(3-6)11(14)15/h2-5H,9H2,1H3/t5-/m1/s1. The molecule has 0 saturated carbocycles. The van der Waals surface area contributed by atoms with E-state index >= 15 is 0 Å². The van der Waals surface area contributed by atoms with Crippen LogP contribution in [-0.2, 0) is 0 Å². The Morgan fingerprint density at radius 1 is 1.13 bits per heavy atom. The number of nitro groups is 2. The largest absolute Gasteiger partial charge is 0.324 e. The minimum absolute atomic E-state index is 0.323.